The van der Waals surface area contributed by atoms with Crippen molar-refractivity contribution in [3.8, 4) is 5.75 Å². The summed E-state index contributed by atoms with van der Waals surface area (Å²) in [5.41, 5.74) is 1.87. The highest BCUT2D eigenvalue weighted by Gasteiger charge is 2.03. The maximum Gasteiger partial charge on any atom is 0.123 e. The highest BCUT2D eigenvalue weighted by Crippen LogP contribution is 2.18. The second-order valence-corrected chi connectivity index (χ2v) is 3.44. The van der Waals surface area contributed by atoms with E-state index in [0.29, 0.717) is 12.2 Å². The van der Waals surface area contributed by atoms with Gasteiger partial charge in [0.25, 0.3) is 0 Å². The van der Waals surface area contributed by atoms with Crippen molar-refractivity contribution in [2.75, 3.05) is 0 Å². The van der Waals surface area contributed by atoms with Crippen LogP contribution in [0.4, 0.5) is 0 Å². The highest BCUT2D eigenvalue weighted by atomic mass is 16.3. The zero-order valence-corrected chi connectivity index (χ0v) is 7.95. The van der Waals surface area contributed by atoms with Crippen molar-refractivity contribution in [2.45, 2.75) is 20.3 Å². The van der Waals surface area contributed by atoms with Crippen LogP contribution in [-0.4, -0.2) is 11.4 Å². The van der Waals surface area contributed by atoms with Crippen molar-refractivity contribution in [3.63, 3.8) is 0 Å². The normalized spacial score (nSPS) is 12.5. The number of phenols is 1. The average Bonchev–Trinajstić information content (AvgIpc) is 2.11. The van der Waals surface area contributed by atoms with Gasteiger partial charge in [0, 0.05) is 5.92 Å². The molecule has 0 bridgehead atoms. The lowest BCUT2D eigenvalue weighted by molar-refractivity contribution is -0.110. The summed E-state index contributed by atoms with van der Waals surface area (Å²) in [6, 6.07) is 5.52. The van der Waals surface area contributed by atoms with Gasteiger partial charge in [0.2, 0.25) is 0 Å². The number of aromatic hydroxyl groups is 1. The fraction of sp³-hybridized carbons (Fsp3) is 0.364. The van der Waals surface area contributed by atoms with E-state index in [1.54, 1.807) is 6.07 Å². The molecule has 70 valence electrons. The Labute approximate surface area is 78.2 Å². The van der Waals surface area contributed by atoms with E-state index < -0.39 is 0 Å². The number of aldehydes is 1. The molecule has 1 aromatic rings. The van der Waals surface area contributed by atoms with E-state index in [1.165, 1.54) is 0 Å². The first-order valence-corrected chi connectivity index (χ1v) is 4.37. The minimum absolute atomic E-state index is 0.0158. The van der Waals surface area contributed by atoms with E-state index in [0.717, 1.165) is 17.4 Å². The van der Waals surface area contributed by atoms with Gasteiger partial charge in [-0.3, -0.25) is 0 Å². The van der Waals surface area contributed by atoms with Crippen LogP contribution in [0.25, 0.3) is 0 Å². The van der Waals surface area contributed by atoms with Crippen LogP contribution in [0.5, 0.6) is 5.75 Å². The maximum atomic E-state index is 10.4. The standard InChI is InChI=1S/C11H14O2/c1-8(7-12)5-10-4-3-9(2)11(13)6-10/h3-4,6-8,13H,5H2,1-2H3. The SMILES string of the molecule is Cc1ccc(CC(C)C=O)cc1O. The summed E-state index contributed by atoms with van der Waals surface area (Å²) >= 11 is 0. The van der Waals surface area contributed by atoms with Crippen LogP contribution >= 0.6 is 0 Å². The Hall–Kier alpha value is -1.31. The van der Waals surface area contributed by atoms with Crippen LogP contribution in [0.1, 0.15) is 18.1 Å². The largest absolute Gasteiger partial charge is 0.508 e. The molecule has 0 aliphatic heterocycles. The zero-order valence-electron chi connectivity index (χ0n) is 7.95. The van der Waals surface area contributed by atoms with E-state index in [9.17, 15) is 9.90 Å². The second-order valence-electron chi connectivity index (χ2n) is 3.44. The molecule has 1 rings (SSSR count). The Balaban J connectivity index is 2.79. The molecule has 1 aromatic carbocycles. The Kier molecular flexibility index (Phi) is 3.07. The van der Waals surface area contributed by atoms with Crippen LogP contribution in [0, 0.1) is 12.8 Å². The predicted octanol–water partition coefficient (Wildman–Crippen LogP) is 2.08. The number of hydrogen-bond acceptors (Lipinski definition) is 2. The van der Waals surface area contributed by atoms with Crippen molar-refractivity contribution >= 4 is 6.29 Å². The van der Waals surface area contributed by atoms with Crippen molar-refractivity contribution in [2.24, 2.45) is 5.92 Å². The Morgan fingerprint density at radius 1 is 1.54 bits per heavy atom. The average molecular weight is 178 g/mol. The second kappa shape index (κ2) is 4.08. The molecule has 1 N–H and O–H groups in total. The molecule has 13 heavy (non-hydrogen) atoms. The summed E-state index contributed by atoms with van der Waals surface area (Å²) in [6.45, 7) is 3.71. The van der Waals surface area contributed by atoms with Crippen LogP contribution in [0.3, 0.4) is 0 Å². The van der Waals surface area contributed by atoms with Crippen LogP contribution in [0.2, 0.25) is 0 Å². The van der Waals surface area contributed by atoms with E-state index in [1.807, 2.05) is 26.0 Å². The van der Waals surface area contributed by atoms with Crippen LogP contribution in [-0.2, 0) is 11.2 Å². The van der Waals surface area contributed by atoms with Gasteiger partial charge in [-0.05, 0) is 30.5 Å². The van der Waals surface area contributed by atoms with Crippen molar-refractivity contribution < 1.29 is 9.90 Å². The molecule has 0 aromatic heterocycles. The van der Waals surface area contributed by atoms with Gasteiger partial charge in [-0.1, -0.05) is 19.1 Å². The van der Waals surface area contributed by atoms with Gasteiger partial charge in [-0.15, -0.1) is 0 Å². The summed E-state index contributed by atoms with van der Waals surface area (Å²) in [5, 5.41) is 9.40. The van der Waals surface area contributed by atoms with Gasteiger partial charge in [0.05, 0.1) is 0 Å². The van der Waals surface area contributed by atoms with Gasteiger partial charge in [-0.2, -0.15) is 0 Å². The Bertz CT molecular complexity index is 305. The van der Waals surface area contributed by atoms with E-state index in [4.69, 9.17) is 0 Å². The molecule has 0 fully saturated rings. The number of hydrogen-bond donors (Lipinski definition) is 1. The van der Waals surface area contributed by atoms with E-state index in [-0.39, 0.29) is 5.92 Å². The molecule has 0 amide bonds. The summed E-state index contributed by atoms with van der Waals surface area (Å²) < 4.78 is 0. The molecule has 1 unspecified atom stereocenters. The molecule has 1 atom stereocenters. The lowest BCUT2D eigenvalue weighted by Crippen LogP contribution is -2.00. The highest BCUT2D eigenvalue weighted by molar-refractivity contribution is 5.53. The molecule has 2 heteroatoms. The number of aryl methyl sites for hydroxylation is 1. The Morgan fingerprint density at radius 3 is 2.77 bits per heavy atom. The lowest BCUT2D eigenvalue weighted by atomic mass is 10.0. The molecule has 0 spiro atoms. The van der Waals surface area contributed by atoms with E-state index >= 15 is 0 Å². The smallest absolute Gasteiger partial charge is 0.123 e. The topological polar surface area (TPSA) is 37.3 Å². The maximum absolute atomic E-state index is 10.4. The van der Waals surface area contributed by atoms with Gasteiger partial charge < -0.3 is 9.90 Å². The van der Waals surface area contributed by atoms with Crippen molar-refractivity contribution in [1.29, 1.82) is 0 Å². The first-order valence-electron chi connectivity index (χ1n) is 4.37. The third-order valence-electron chi connectivity index (χ3n) is 2.06. The molecule has 0 heterocycles. The van der Waals surface area contributed by atoms with Crippen molar-refractivity contribution in [3.05, 3.63) is 29.3 Å². The minimum Gasteiger partial charge on any atom is -0.508 e. The quantitative estimate of drug-likeness (QED) is 0.719. The molecule has 0 aliphatic rings. The summed E-state index contributed by atoms with van der Waals surface area (Å²) in [4.78, 5) is 10.4. The minimum atomic E-state index is 0.0158. The number of carbonyl (C=O) groups is 1. The predicted molar refractivity (Wildman–Crippen MR) is 51.8 cm³/mol. The first kappa shape index (κ1) is 9.78. The summed E-state index contributed by atoms with van der Waals surface area (Å²) in [7, 11) is 0. The molecule has 2 nitrogen and oxygen atoms in total. The lowest BCUT2D eigenvalue weighted by Gasteiger charge is -2.05. The zero-order chi connectivity index (χ0) is 9.84. The van der Waals surface area contributed by atoms with Gasteiger partial charge in [-0.25, -0.2) is 0 Å². The third kappa shape index (κ3) is 2.58. The third-order valence-corrected chi connectivity index (χ3v) is 2.06. The van der Waals surface area contributed by atoms with Gasteiger partial charge in [0.15, 0.2) is 0 Å². The number of phenolic OH excluding ortho intramolecular Hbond substituents is 1. The summed E-state index contributed by atoms with van der Waals surface area (Å²) in [5.74, 6) is 0.317. The van der Waals surface area contributed by atoms with Crippen LogP contribution in [0.15, 0.2) is 18.2 Å². The fourth-order valence-corrected chi connectivity index (χ4v) is 1.20. The van der Waals surface area contributed by atoms with Gasteiger partial charge >= 0.3 is 0 Å². The molecule has 0 radical (unpaired) electrons. The molecular weight excluding hydrogens is 164 g/mol. The molecular formula is C11H14O2. The van der Waals surface area contributed by atoms with Crippen LogP contribution < -0.4 is 0 Å². The molecule has 0 saturated carbocycles. The summed E-state index contributed by atoms with van der Waals surface area (Å²) in [6.07, 6.45) is 1.62. The monoisotopic (exact) mass is 178 g/mol. The van der Waals surface area contributed by atoms with Gasteiger partial charge in [0.1, 0.15) is 12.0 Å². The fourth-order valence-electron chi connectivity index (χ4n) is 1.20. The van der Waals surface area contributed by atoms with E-state index in [2.05, 4.69) is 0 Å². The number of carbonyl (C=O) groups excluding carboxylic acids is 1. The molecule has 0 saturated heterocycles. The number of rotatable bonds is 3. The first-order chi connectivity index (χ1) is 6.13. The number of benzene rings is 1. The Morgan fingerprint density at radius 2 is 2.23 bits per heavy atom. The molecule has 0 aliphatic carbocycles. The van der Waals surface area contributed by atoms with Crippen molar-refractivity contribution in [1.82, 2.24) is 0 Å².